The van der Waals surface area contributed by atoms with Crippen molar-refractivity contribution in [3.05, 3.63) is 0 Å². The third kappa shape index (κ3) is 3.63. The normalized spacial score (nSPS) is 31.2. The molecule has 0 bridgehead atoms. The van der Waals surface area contributed by atoms with E-state index in [0.717, 1.165) is 19.3 Å². The number of fused-ring (bicyclic) bond motifs is 1. The number of carbonyl (C=O) groups is 3. The van der Waals surface area contributed by atoms with Crippen LogP contribution in [0.5, 0.6) is 0 Å². The summed E-state index contributed by atoms with van der Waals surface area (Å²) in [6.07, 6.45) is 3.09. The van der Waals surface area contributed by atoms with Gasteiger partial charge < -0.3 is 19.5 Å². The first-order valence-corrected chi connectivity index (χ1v) is 9.47. The molecule has 2 aliphatic heterocycles. The summed E-state index contributed by atoms with van der Waals surface area (Å²) in [5.74, 6) is -1.63. The number of amides is 1. The molecule has 142 valence electrons. The van der Waals surface area contributed by atoms with Gasteiger partial charge in [-0.3, -0.25) is 19.7 Å². The van der Waals surface area contributed by atoms with E-state index >= 15 is 0 Å². The number of aliphatic carboxylic acids is 1. The summed E-state index contributed by atoms with van der Waals surface area (Å²) in [5.41, 5.74) is -2.38. The molecule has 0 aromatic heterocycles. The largest absolute Gasteiger partial charge is 0.481 e. The van der Waals surface area contributed by atoms with E-state index < -0.39 is 23.1 Å². The molecule has 1 amide bonds. The molecule has 0 aliphatic carbocycles. The van der Waals surface area contributed by atoms with E-state index in [-0.39, 0.29) is 30.2 Å². The molecule has 0 aromatic carbocycles. The first kappa shape index (κ1) is 20.0. The number of rotatable bonds is 9. The van der Waals surface area contributed by atoms with E-state index in [1.54, 1.807) is 0 Å². The van der Waals surface area contributed by atoms with Crippen molar-refractivity contribution in [2.45, 2.75) is 44.2 Å². The van der Waals surface area contributed by atoms with Crippen LogP contribution in [-0.4, -0.2) is 71.5 Å². The predicted molar refractivity (Wildman–Crippen MR) is 91.9 cm³/mol. The van der Waals surface area contributed by atoms with Crippen LogP contribution in [0.2, 0.25) is 0 Å². The topological polar surface area (TPSA) is 105 Å². The van der Waals surface area contributed by atoms with Gasteiger partial charge in [0.2, 0.25) is 5.72 Å². The predicted octanol–water partition coefficient (Wildman–Crippen LogP) is 0.658. The van der Waals surface area contributed by atoms with Crippen molar-refractivity contribution >= 4 is 29.6 Å². The zero-order valence-electron chi connectivity index (χ0n) is 14.9. The number of thioether (sulfide) groups is 1. The minimum atomic E-state index is -1.29. The Bertz CT molecular complexity index is 545. The van der Waals surface area contributed by atoms with Crippen molar-refractivity contribution in [1.82, 2.24) is 10.2 Å². The maximum absolute atomic E-state index is 12.7. The molecule has 2 aliphatic rings. The molecule has 3 atom stereocenters. The van der Waals surface area contributed by atoms with Crippen LogP contribution in [0.25, 0.3) is 0 Å². The maximum atomic E-state index is 12.7. The van der Waals surface area contributed by atoms with Gasteiger partial charge in [-0.2, -0.15) is 0 Å². The molecule has 25 heavy (non-hydrogen) atoms. The van der Waals surface area contributed by atoms with Crippen LogP contribution in [0.4, 0.5) is 0 Å². The Morgan fingerprint density at radius 3 is 2.72 bits per heavy atom. The lowest BCUT2D eigenvalue weighted by atomic mass is 9.87. The Morgan fingerprint density at radius 1 is 1.44 bits per heavy atom. The molecular formula is C16H26N2O6S. The van der Waals surface area contributed by atoms with E-state index in [1.165, 1.54) is 30.7 Å². The number of nitrogens with one attached hydrogen (secondary N) is 1. The highest BCUT2D eigenvalue weighted by Crippen LogP contribution is 2.47. The van der Waals surface area contributed by atoms with Crippen LogP contribution in [0.1, 0.15) is 33.1 Å². The van der Waals surface area contributed by atoms with Crippen LogP contribution >= 0.6 is 11.8 Å². The van der Waals surface area contributed by atoms with Crippen LogP contribution in [0.3, 0.4) is 0 Å². The van der Waals surface area contributed by atoms with Gasteiger partial charge in [-0.05, 0) is 13.0 Å². The van der Waals surface area contributed by atoms with Crippen molar-refractivity contribution in [3.63, 3.8) is 0 Å². The molecule has 2 saturated heterocycles. The summed E-state index contributed by atoms with van der Waals surface area (Å²) in [5, 5.41) is 12.5. The summed E-state index contributed by atoms with van der Waals surface area (Å²) in [4.78, 5) is 37.0. The Balaban J connectivity index is 2.06. The highest BCUT2D eigenvalue weighted by molar-refractivity contribution is 8.00. The van der Waals surface area contributed by atoms with Gasteiger partial charge in [-0.1, -0.05) is 19.8 Å². The molecule has 2 fully saturated rings. The van der Waals surface area contributed by atoms with Gasteiger partial charge in [0, 0.05) is 26.3 Å². The monoisotopic (exact) mass is 374 g/mol. The number of carboxylic acids is 1. The summed E-state index contributed by atoms with van der Waals surface area (Å²) < 4.78 is 10.4. The lowest BCUT2D eigenvalue weighted by molar-refractivity contribution is -0.201. The molecule has 2 unspecified atom stereocenters. The summed E-state index contributed by atoms with van der Waals surface area (Å²) in [6.45, 7) is 3.77. The number of carboxylic acid groups (broad SMARTS) is 1. The Morgan fingerprint density at radius 2 is 2.16 bits per heavy atom. The van der Waals surface area contributed by atoms with Gasteiger partial charge in [-0.25, -0.2) is 0 Å². The third-order valence-electron chi connectivity index (χ3n) is 4.70. The highest BCUT2D eigenvalue weighted by atomic mass is 32.2. The first-order chi connectivity index (χ1) is 11.8. The number of carbonyl (C=O) groups excluding carboxylic acids is 2. The average molecular weight is 374 g/mol. The Hall–Kier alpha value is -1.32. The van der Waals surface area contributed by atoms with Gasteiger partial charge in [0.25, 0.3) is 5.91 Å². The summed E-state index contributed by atoms with van der Waals surface area (Å²) >= 11 is 1.34. The number of nitrogens with zero attached hydrogens (tertiary/aromatic N) is 1. The quantitative estimate of drug-likeness (QED) is 0.262. The van der Waals surface area contributed by atoms with E-state index in [9.17, 15) is 19.5 Å². The van der Waals surface area contributed by atoms with Gasteiger partial charge in [0.05, 0.1) is 0 Å². The minimum Gasteiger partial charge on any atom is -0.481 e. The van der Waals surface area contributed by atoms with E-state index in [4.69, 9.17) is 9.47 Å². The van der Waals surface area contributed by atoms with Crippen LogP contribution < -0.4 is 5.32 Å². The highest BCUT2D eigenvalue weighted by Gasteiger charge is 2.66. The average Bonchev–Trinajstić information content (AvgIpc) is 2.59. The Kier molecular flexibility index (Phi) is 6.34. The van der Waals surface area contributed by atoms with Gasteiger partial charge in [0.1, 0.15) is 17.4 Å². The number of esters is 1. The minimum absolute atomic E-state index is 0.00780. The lowest BCUT2D eigenvalue weighted by Gasteiger charge is -2.59. The first-order valence-electron chi connectivity index (χ1n) is 8.42. The maximum Gasteiger partial charge on any atom is 0.315 e. The van der Waals surface area contributed by atoms with Crippen molar-refractivity contribution in [1.29, 1.82) is 0 Å². The van der Waals surface area contributed by atoms with Crippen molar-refractivity contribution in [2.75, 3.05) is 32.6 Å². The van der Waals surface area contributed by atoms with Gasteiger partial charge >= 0.3 is 11.9 Å². The molecular weight excluding hydrogens is 348 g/mol. The molecule has 0 aromatic rings. The fraction of sp³-hybridized carbons (Fsp3) is 0.812. The van der Waals surface area contributed by atoms with Crippen molar-refractivity contribution in [2.24, 2.45) is 5.41 Å². The standard InChI is InChI=1S/C16H26N2O6S/c1-4-5-6-7-17-16(23-3)12(20)18-8-15(14(21)22,9-24-11(2)19)10-25-13(16)18/h13,17H,4-10H2,1-3H3,(H,21,22)/t13-,15?,16?/m1/s1. The lowest BCUT2D eigenvalue weighted by Crippen LogP contribution is -2.82. The van der Waals surface area contributed by atoms with E-state index in [1.807, 2.05) is 0 Å². The number of hydrogen-bond donors (Lipinski definition) is 2. The SMILES string of the molecule is CCCCCNC1(OC)C(=O)N2CC(COC(C)=O)(C(=O)O)CS[C@@H]21. The van der Waals surface area contributed by atoms with Crippen molar-refractivity contribution in [3.8, 4) is 0 Å². The van der Waals surface area contributed by atoms with Gasteiger partial charge in [0.15, 0.2) is 0 Å². The second-order valence-corrected chi connectivity index (χ2v) is 7.60. The number of unbranched alkanes of at least 4 members (excludes halogenated alkanes) is 2. The van der Waals surface area contributed by atoms with E-state index in [0.29, 0.717) is 6.54 Å². The van der Waals surface area contributed by atoms with Crippen LogP contribution in [0, 0.1) is 5.41 Å². The molecule has 9 heteroatoms. The zero-order valence-corrected chi connectivity index (χ0v) is 15.7. The zero-order chi connectivity index (χ0) is 18.7. The number of methoxy groups -OCH3 is 1. The van der Waals surface area contributed by atoms with Crippen molar-refractivity contribution < 1.29 is 29.0 Å². The van der Waals surface area contributed by atoms with Crippen LogP contribution in [-0.2, 0) is 23.9 Å². The molecule has 8 nitrogen and oxygen atoms in total. The summed E-state index contributed by atoms with van der Waals surface area (Å²) in [6, 6.07) is 0. The molecule has 0 radical (unpaired) electrons. The summed E-state index contributed by atoms with van der Waals surface area (Å²) in [7, 11) is 1.49. The fourth-order valence-corrected chi connectivity index (χ4v) is 4.78. The fourth-order valence-electron chi connectivity index (χ4n) is 3.14. The Labute approximate surface area is 151 Å². The number of hydrogen-bond acceptors (Lipinski definition) is 7. The second-order valence-electron chi connectivity index (χ2n) is 6.54. The molecule has 2 rings (SSSR count). The molecule has 0 spiro atoms. The van der Waals surface area contributed by atoms with E-state index in [2.05, 4.69) is 12.2 Å². The second kappa shape index (κ2) is 7.92. The smallest absolute Gasteiger partial charge is 0.315 e. The number of β-lactam (4-membered cyclic amide) rings is 1. The third-order valence-corrected chi connectivity index (χ3v) is 6.32. The van der Waals surface area contributed by atoms with Crippen LogP contribution in [0.15, 0.2) is 0 Å². The van der Waals surface area contributed by atoms with Gasteiger partial charge in [-0.15, -0.1) is 11.8 Å². The molecule has 0 saturated carbocycles. The number of ether oxygens (including phenoxy) is 2. The molecule has 2 heterocycles. The molecule has 2 N–H and O–H groups in total.